The van der Waals surface area contributed by atoms with Gasteiger partial charge >= 0.3 is 0 Å². The Bertz CT molecular complexity index is 1100. The standard InChI is InChI=1S/C18H11ClIN3O5/c19-14-4-2-11(23(26)27)8-13(14)17-6-3-12(28-17)9-21-22-18(25)10-1-5-15(20)16(24)7-10/h1-9,24H,(H,22,25)/b21-9+. The molecule has 0 fully saturated rings. The van der Waals surface area contributed by atoms with Gasteiger partial charge in [0.25, 0.3) is 11.6 Å². The summed E-state index contributed by atoms with van der Waals surface area (Å²) in [5.41, 5.74) is 2.83. The summed E-state index contributed by atoms with van der Waals surface area (Å²) in [6, 6.07) is 11.7. The van der Waals surface area contributed by atoms with Crippen molar-refractivity contribution in [3.8, 4) is 17.1 Å². The molecule has 3 aromatic rings. The summed E-state index contributed by atoms with van der Waals surface area (Å²) in [5.74, 6) is 0.130. The Hall–Kier alpha value is -2.92. The third-order valence-electron chi connectivity index (χ3n) is 3.62. The van der Waals surface area contributed by atoms with Crippen molar-refractivity contribution in [3.05, 3.63) is 78.6 Å². The minimum atomic E-state index is -0.525. The predicted molar refractivity (Wildman–Crippen MR) is 112 cm³/mol. The fourth-order valence-corrected chi connectivity index (χ4v) is 2.80. The Morgan fingerprint density at radius 1 is 1.25 bits per heavy atom. The highest BCUT2D eigenvalue weighted by atomic mass is 127. The summed E-state index contributed by atoms with van der Waals surface area (Å²) in [4.78, 5) is 22.4. The molecule has 8 nitrogen and oxygen atoms in total. The molecule has 0 aliphatic carbocycles. The van der Waals surface area contributed by atoms with Crippen LogP contribution in [0, 0.1) is 13.7 Å². The zero-order valence-corrected chi connectivity index (χ0v) is 16.8. The number of halogens is 2. The first kappa shape index (κ1) is 19.8. The molecule has 1 aromatic heterocycles. The lowest BCUT2D eigenvalue weighted by molar-refractivity contribution is -0.384. The molecular weight excluding hydrogens is 501 g/mol. The smallest absolute Gasteiger partial charge is 0.271 e. The second-order valence-corrected chi connectivity index (χ2v) is 7.06. The molecule has 0 unspecified atom stereocenters. The van der Waals surface area contributed by atoms with E-state index in [1.54, 1.807) is 24.3 Å². The third kappa shape index (κ3) is 4.49. The summed E-state index contributed by atoms with van der Waals surface area (Å²) < 4.78 is 6.18. The van der Waals surface area contributed by atoms with Gasteiger partial charge in [-0.3, -0.25) is 14.9 Å². The van der Waals surface area contributed by atoms with Gasteiger partial charge in [0.15, 0.2) is 0 Å². The Kier molecular flexibility index (Phi) is 5.95. The van der Waals surface area contributed by atoms with Crippen LogP contribution in [-0.4, -0.2) is 22.2 Å². The zero-order chi connectivity index (χ0) is 20.3. The van der Waals surface area contributed by atoms with Crippen LogP contribution in [0.5, 0.6) is 5.75 Å². The largest absolute Gasteiger partial charge is 0.507 e. The quantitative estimate of drug-likeness (QED) is 0.225. The van der Waals surface area contributed by atoms with Crippen LogP contribution in [0.2, 0.25) is 5.02 Å². The van der Waals surface area contributed by atoms with Gasteiger partial charge in [-0.05, 0) is 59.0 Å². The molecule has 2 N–H and O–H groups in total. The van der Waals surface area contributed by atoms with Gasteiger partial charge in [0, 0.05) is 23.3 Å². The van der Waals surface area contributed by atoms with Gasteiger partial charge in [0.05, 0.1) is 19.7 Å². The molecule has 0 saturated carbocycles. The maximum Gasteiger partial charge on any atom is 0.271 e. The van der Waals surface area contributed by atoms with Crippen LogP contribution in [-0.2, 0) is 0 Å². The molecule has 3 rings (SSSR count). The van der Waals surface area contributed by atoms with Crippen molar-refractivity contribution in [1.29, 1.82) is 0 Å². The number of carbonyl (C=O) groups is 1. The van der Waals surface area contributed by atoms with Crippen molar-refractivity contribution < 1.29 is 19.2 Å². The predicted octanol–water partition coefficient (Wildman–Crippen LogP) is 4.58. The Morgan fingerprint density at radius 2 is 2.04 bits per heavy atom. The lowest BCUT2D eigenvalue weighted by atomic mass is 10.1. The summed E-state index contributed by atoms with van der Waals surface area (Å²) in [6.45, 7) is 0. The average Bonchev–Trinajstić information content (AvgIpc) is 3.12. The molecule has 0 saturated heterocycles. The maximum atomic E-state index is 12.0. The highest BCUT2D eigenvalue weighted by Gasteiger charge is 2.14. The first-order chi connectivity index (χ1) is 13.3. The second kappa shape index (κ2) is 8.40. The van der Waals surface area contributed by atoms with Gasteiger partial charge in [0.1, 0.15) is 17.3 Å². The van der Waals surface area contributed by atoms with Crippen LogP contribution < -0.4 is 5.43 Å². The van der Waals surface area contributed by atoms with Crippen molar-refractivity contribution in [2.75, 3.05) is 0 Å². The van der Waals surface area contributed by atoms with E-state index in [9.17, 15) is 20.0 Å². The molecular formula is C18H11ClIN3O5. The molecule has 2 aromatic carbocycles. The minimum absolute atomic E-state index is 0.00161. The second-order valence-electron chi connectivity index (χ2n) is 5.49. The number of amides is 1. The van der Waals surface area contributed by atoms with E-state index in [0.29, 0.717) is 25.7 Å². The molecule has 0 aliphatic rings. The number of rotatable bonds is 5. The van der Waals surface area contributed by atoms with Crippen LogP contribution in [0.25, 0.3) is 11.3 Å². The van der Waals surface area contributed by atoms with Crippen LogP contribution in [0.1, 0.15) is 16.1 Å². The van der Waals surface area contributed by atoms with E-state index in [2.05, 4.69) is 10.5 Å². The fourth-order valence-electron chi connectivity index (χ4n) is 2.26. The van der Waals surface area contributed by atoms with Gasteiger partial charge in [-0.15, -0.1) is 0 Å². The number of phenols is 1. The van der Waals surface area contributed by atoms with E-state index in [0.717, 1.165) is 0 Å². The number of nitrogens with zero attached hydrogens (tertiary/aromatic N) is 2. The number of hydrazone groups is 1. The highest BCUT2D eigenvalue weighted by Crippen LogP contribution is 2.32. The molecule has 0 radical (unpaired) electrons. The number of carbonyl (C=O) groups excluding carboxylic acids is 1. The Morgan fingerprint density at radius 3 is 2.75 bits per heavy atom. The van der Waals surface area contributed by atoms with Crippen LogP contribution in [0.15, 0.2) is 58.0 Å². The number of benzene rings is 2. The van der Waals surface area contributed by atoms with E-state index < -0.39 is 10.8 Å². The number of phenolic OH excluding ortho intramolecular Hbond substituents is 1. The summed E-state index contributed by atoms with van der Waals surface area (Å²) in [5, 5.41) is 24.7. The molecule has 10 heteroatoms. The zero-order valence-electron chi connectivity index (χ0n) is 13.9. The molecule has 0 spiro atoms. The maximum absolute atomic E-state index is 12.0. The van der Waals surface area contributed by atoms with E-state index in [1.807, 2.05) is 22.6 Å². The average molecular weight is 512 g/mol. The monoisotopic (exact) mass is 511 g/mol. The topological polar surface area (TPSA) is 118 Å². The van der Waals surface area contributed by atoms with E-state index >= 15 is 0 Å². The molecule has 0 bridgehead atoms. The number of nitro groups is 1. The molecule has 28 heavy (non-hydrogen) atoms. The lowest BCUT2D eigenvalue weighted by Gasteiger charge is -2.02. The van der Waals surface area contributed by atoms with E-state index in [-0.39, 0.29) is 17.0 Å². The Balaban J connectivity index is 1.72. The van der Waals surface area contributed by atoms with Crippen molar-refractivity contribution in [2.45, 2.75) is 0 Å². The molecule has 1 amide bonds. The number of nitrogens with one attached hydrogen (secondary N) is 1. The van der Waals surface area contributed by atoms with E-state index in [4.69, 9.17) is 16.0 Å². The summed E-state index contributed by atoms with van der Waals surface area (Å²) >= 11 is 8.03. The Labute approximate surface area is 177 Å². The van der Waals surface area contributed by atoms with Gasteiger partial charge in [0.2, 0.25) is 0 Å². The summed E-state index contributed by atoms with van der Waals surface area (Å²) in [6.07, 6.45) is 1.28. The summed E-state index contributed by atoms with van der Waals surface area (Å²) in [7, 11) is 0. The number of non-ortho nitro benzene ring substituents is 1. The normalized spacial score (nSPS) is 10.9. The van der Waals surface area contributed by atoms with Gasteiger partial charge < -0.3 is 9.52 Å². The van der Waals surface area contributed by atoms with E-state index in [1.165, 1.54) is 30.5 Å². The first-order valence-electron chi connectivity index (χ1n) is 7.71. The first-order valence-corrected chi connectivity index (χ1v) is 9.17. The van der Waals surface area contributed by atoms with Crippen molar-refractivity contribution in [3.63, 3.8) is 0 Å². The molecule has 1 heterocycles. The number of hydrogen-bond acceptors (Lipinski definition) is 6. The number of nitro benzene ring substituents is 1. The SMILES string of the molecule is O=C(N/N=C/c1ccc(-c2cc([N+](=O)[O-])ccc2Cl)o1)c1ccc(I)c(O)c1. The lowest BCUT2D eigenvalue weighted by Crippen LogP contribution is -2.17. The van der Waals surface area contributed by atoms with Crippen LogP contribution in [0.4, 0.5) is 5.69 Å². The fraction of sp³-hybridized carbons (Fsp3) is 0. The van der Waals surface area contributed by atoms with Crippen molar-refractivity contribution in [1.82, 2.24) is 5.43 Å². The van der Waals surface area contributed by atoms with Crippen LogP contribution >= 0.6 is 34.2 Å². The van der Waals surface area contributed by atoms with Crippen molar-refractivity contribution >= 4 is 52.0 Å². The highest BCUT2D eigenvalue weighted by molar-refractivity contribution is 14.1. The van der Waals surface area contributed by atoms with Gasteiger partial charge in [-0.2, -0.15) is 5.10 Å². The van der Waals surface area contributed by atoms with Crippen LogP contribution in [0.3, 0.4) is 0 Å². The molecule has 0 aliphatic heterocycles. The molecule has 0 atom stereocenters. The minimum Gasteiger partial charge on any atom is -0.507 e. The van der Waals surface area contributed by atoms with Gasteiger partial charge in [-0.1, -0.05) is 11.6 Å². The van der Waals surface area contributed by atoms with Gasteiger partial charge in [-0.25, -0.2) is 5.43 Å². The number of hydrogen-bond donors (Lipinski definition) is 2. The van der Waals surface area contributed by atoms with Crippen molar-refractivity contribution in [2.24, 2.45) is 5.10 Å². The number of furan rings is 1. The molecule has 142 valence electrons. The third-order valence-corrected chi connectivity index (χ3v) is 4.86. The number of aromatic hydroxyl groups is 1.